The zero-order chi connectivity index (χ0) is 13.7. The maximum atomic E-state index is 11.7. The normalized spacial score (nSPS) is 10.0. The minimum Gasteiger partial charge on any atom is -0.375 e. The molecule has 98 valence electrons. The molecule has 3 nitrogen and oxygen atoms in total. The number of anilines is 2. The molecule has 2 aromatic rings. The molecule has 0 spiro atoms. The Labute approximate surface area is 117 Å². The van der Waals surface area contributed by atoms with E-state index in [0.717, 1.165) is 16.9 Å². The van der Waals surface area contributed by atoms with Crippen LogP contribution < -0.4 is 10.6 Å². The smallest absolute Gasteiger partial charge is 0.243 e. The summed E-state index contributed by atoms with van der Waals surface area (Å²) in [6.45, 7) is 2.15. The number of hydrogen-bond acceptors (Lipinski definition) is 2. The summed E-state index contributed by atoms with van der Waals surface area (Å²) in [5.74, 6) is -0.108. The van der Waals surface area contributed by atoms with E-state index < -0.39 is 0 Å². The second kappa shape index (κ2) is 6.25. The maximum absolute atomic E-state index is 11.7. The zero-order valence-corrected chi connectivity index (χ0v) is 11.4. The Hall–Kier alpha value is -2.00. The molecule has 0 saturated carbocycles. The van der Waals surface area contributed by atoms with E-state index in [2.05, 4.69) is 10.6 Å². The summed E-state index contributed by atoms with van der Waals surface area (Å²) < 4.78 is 0. The van der Waals surface area contributed by atoms with Gasteiger partial charge in [-0.2, -0.15) is 0 Å². The number of hydrogen-bond donors (Lipinski definition) is 2. The van der Waals surface area contributed by atoms with Gasteiger partial charge in [-0.25, -0.2) is 0 Å². The van der Waals surface area contributed by atoms with Crippen LogP contribution >= 0.6 is 11.6 Å². The summed E-state index contributed by atoms with van der Waals surface area (Å²) in [7, 11) is 0. The van der Waals surface area contributed by atoms with Crippen molar-refractivity contribution in [3.05, 3.63) is 59.1 Å². The van der Waals surface area contributed by atoms with Crippen molar-refractivity contribution in [3.8, 4) is 0 Å². The van der Waals surface area contributed by atoms with Gasteiger partial charge in [-0.3, -0.25) is 4.79 Å². The number of carbonyl (C=O) groups excluding carboxylic acids is 1. The first-order valence-corrected chi connectivity index (χ1v) is 6.38. The second-order valence-electron chi connectivity index (χ2n) is 4.25. The molecule has 0 bridgehead atoms. The lowest BCUT2D eigenvalue weighted by molar-refractivity contribution is -0.114. The average molecular weight is 275 g/mol. The molecule has 0 aromatic heterocycles. The van der Waals surface area contributed by atoms with Gasteiger partial charge in [0.15, 0.2) is 0 Å². The van der Waals surface area contributed by atoms with Gasteiger partial charge < -0.3 is 10.6 Å². The van der Waals surface area contributed by atoms with Crippen LogP contribution in [0.3, 0.4) is 0 Å². The highest BCUT2D eigenvalue weighted by atomic mass is 35.5. The molecule has 0 aliphatic carbocycles. The van der Waals surface area contributed by atoms with Crippen LogP contribution in [0.1, 0.15) is 5.56 Å². The van der Waals surface area contributed by atoms with E-state index in [0.29, 0.717) is 5.02 Å². The van der Waals surface area contributed by atoms with Crippen LogP contribution in [0.4, 0.5) is 11.4 Å². The molecule has 2 aromatic carbocycles. The molecule has 0 aliphatic rings. The van der Waals surface area contributed by atoms with Crippen molar-refractivity contribution < 1.29 is 4.79 Å². The van der Waals surface area contributed by atoms with Gasteiger partial charge in [-0.1, -0.05) is 35.9 Å². The van der Waals surface area contributed by atoms with Gasteiger partial charge in [0.1, 0.15) is 0 Å². The first-order chi connectivity index (χ1) is 9.15. The Morgan fingerprint density at radius 1 is 1.16 bits per heavy atom. The number of amides is 1. The molecule has 0 radical (unpaired) electrons. The van der Waals surface area contributed by atoms with E-state index in [1.54, 1.807) is 0 Å². The van der Waals surface area contributed by atoms with E-state index in [1.807, 2.05) is 55.5 Å². The van der Waals surface area contributed by atoms with Gasteiger partial charge in [-0.15, -0.1) is 0 Å². The first kappa shape index (κ1) is 13.4. The van der Waals surface area contributed by atoms with Crippen LogP contribution in [0.15, 0.2) is 48.5 Å². The summed E-state index contributed by atoms with van der Waals surface area (Å²) in [4.78, 5) is 11.7. The lowest BCUT2D eigenvalue weighted by Crippen LogP contribution is -2.21. The minimum atomic E-state index is -0.108. The number of rotatable bonds is 4. The van der Waals surface area contributed by atoms with Gasteiger partial charge in [0.2, 0.25) is 5.91 Å². The summed E-state index contributed by atoms with van der Waals surface area (Å²) in [6.07, 6.45) is 0. The molecule has 0 unspecified atom stereocenters. The third kappa shape index (κ3) is 4.00. The predicted octanol–water partition coefficient (Wildman–Crippen LogP) is 3.70. The second-order valence-corrected chi connectivity index (χ2v) is 4.66. The van der Waals surface area contributed by atoms with Crippen LogP contribution in [-0.4, -0.2) is 12.5 Å². The Balaban J connectivity index is 1.90. The van der Waals surface area contributed by atoms with Crippen LogP contribution in [0, 0.1) is 6.92 Å². The van der Waals surface area contributed by atoms with Crippen molar-refractivity contribution in [2.24, 2.45) is 0 Å². The van der Waals surface area contributed by atoms with Gasteiger partial charge in [0, 0.05) is 5.69 Å². The molecule has 2 rings (SSSR count). The predicted molar refractivity (Wildman–Crippen MR) is 79.8 cm³/mol. The lowest BCUT2D eigenvalue weighted by Gasteiger charge is -2.09. The van der Waals surface area contributed by atoms with Crippen molar-refractivity contribution in [3.63, 3.8) is 0 Å². The van der Waals surface area contributed by atoms with Crippen LogP contribution in [0.2, 0.25) is 5.02 Å². The number of nitrogens with one attached hydrogen (secondary N) is 2. The zero-order valence-electron chi connectivity index (χ0n) is 10.6. The molecule has 0 aliphatic heterocycles. The Morgan fingerprint density at radius 3 is 2.58 bits per heavy atom. The number of halogens is 1. The fourth-order valence-corrected chi connectivity index (χ4v) is 1.97. The molecule has 4 heteroatoms. The molecular formula is C15H15ClN2O. The van der Waals surface area contributed by atoms with Crippen LogP contribution in [-0.2, 0) is 4.79 Å². The van der Waals surface area contributed by atoms with Crippen molar-refractivity contribution in [2.75, 3.05) is 17.2 Å². The fourth-order valence-electron chi connectivity index (χ4n) is 1.67. The number of carbonyl (C=O) groups is 1. The highest BCUT2D eigenvalue weighted by Crippen LogP contribution is 2.22. The van der Waals surface area contributed by atoms with Crippen LogP contribution in [0.25, 0.3) is 0 Å². The van der Waals surface area contributed by atoms with Crippen molar-refractivity contribution in [1.29, 1.82) is 0 Å². The van der Waals surface area contributed by atoms with E-state index in [-0.39, 0.29) is 12.5 Å². The maximum Gasteiger partial charge on any atom is 0.243 e. The molecule has 19 heavy (non-hydrogen) atoms. The Morgan fingerprint density at radius 2 is 1.89 bits per heavy atom. The molecule has 1 amide bonds. The van der Waals surface area contributed by atoms with Gasteiger partial charge in [0.25, 0.3) is 0 Å². The summed E-state index contributed by atoms with van der Waals surface area (Å²) >= 11 is 6.08. The summed E-state index contributed by atoms with van der Waals surface area (Å²) in [6, 6.07) is 15.0. The van der Waals surface area contributed by atoms with E-state index in [9.17, 15) is 4.79 Å². The number of para-hydroxylation sites is 1. The molecule has 2 N–H and O–H groups in total. The molecule has 0 atom stereocenters. The Bertz CT molecular complexity index is 570. The van der Waals surface area contributed by atoms with Gasteiger partial charge >= 0.3 is 0 Å². The minimum absolute atomic E-state index is 0.108. The quantitative estimate of drug-likeness (QED) is 0.893. The first-order valence-electron chi connectivity index (χ1n) is 6.00. The third-order valence-corrected chi connectivity index (χ3v) is 2.93. The highest BCUT2D eigenvalue weighted by Gasteiger charge is 2.04. The topological polar surface area (TPSA) is 41.1 Å². The standard InChI is InChI=1S/C15H15ClN2O/c1-11-7-8-14(13(16)9-11)17-10-15(19)18-12-5-3-2-4-6-12/h2-9,17H,10H2,1H3,(H,18,19). The number of benzene rings is 2. The molecule has 0 saturated heterocycles. The van der Waals surface area contributed by atoms with E-state index in [1.165, 1.54) is 0 Å². The van der Waals surface area contributed by atoms with Gasteiger partial charge in [0.05, 0.1) is 17.3 Å². The van der Waals surface area contributed by atoms with E-state index in [4.69, 9.17) is 11.6 Å². The number of aryl methyl sites for hydroxylation is 1. The van der Waals surface area contributed by atoms with Crippen molar-refractivity contribution in [2.45, 2.75) is 6.92 Å². The average Bonchev–Trinajstić information content (AvgIpc) is 2.39. The molecule has 0 heterocycles. The van der Waals surface area contributed by atoms with Crippen molar-refractivity contribution >= 4 is 28.9 Å². The highest BCUT2D eigenvalue weighted by molar-refractivity contribution is 6.33. The SMILES string of the molecule is Cc1ccc(NCC(=O)Nc2ccccc2)c(Cl)c1. The monoisotopic (exact) mass is 274 g/mol. The molecule has 0 fully saturated rings. The Kier molecular flexibility index (Phi) is 4.42. The summed E-state index contributed by atoms with van der Waals surface area (Å²) in [5.41, 5.74) is 2.63. The van der Waals surface area contributed by atoms with Crippen molar-refractivity contribution in [1.82, 2.24) is 0 Å². The lowest BCUT2D eigenvalue weighted by atomic mass is 10.2. The van der Waals surface area contributed by atoms with E-state index >= 15 is 0 Å². The fraction of sp³-hybridized carbons (Fsp3) is 0.133. The summed E-state index contributed by atoms with van der Waals surface area (Å²) in [5, 5.41) is 6.43. The third-order valence-electron chi connectivity index (χ3n) is 2.62. The van der Waals surface area contributed by atoms with Gasteiger partial charge in [-0.05, 0) is 36.8 Å². The van der Waals surface area contributed by atoms with Crippen LogP contribution in [0.5, 0.6) is 0 Å². The molecular weight excluding hydrogens is 260 g/mol. The largest absolute Gasteiger partial charge is 0.375 e.